The van der Waals surface area contributed by atoms with Gasteiger partial charge in [-0.05, 0) is 47.2 Å². The van der Waals surface area contributed by atoms with Crippen LogP contribution in [0.1, 0.15) is 5.56 Å². The van der Waals surface area contributed by atoms with Crippen LogP contribution in [0.25, 0.3) is 11.0 Å². The van der Waals surface area contributed by atoms with E-state index in [9.17, 15) is 0 Å². The SMILES string of the molecule is COc1cnc2c(I)cc(C)cc2n1. The number of benzene rings is 1. The lowest BCUT2D eigenvalue weighted by Gasteiger charge is -2.03. The zero-order valence-corrected chi connectivity index (χ0v) is 10.1. The third-order valence-electron chi connectivity index (χ3n) is 1.93. The predicted octanol–water partition coefficient (Wildman–Crippen LogP) is 2.55. The first kappa shape index (κ1) is 9.64. The van der Waals surface area contributed by atoms with Gasteiger partial charge in [0, 0.05) is 3.57 Å². The number of aromatic nitrogens is 2. The first-order valence-corrected chi connectivity index (χ1v) is 5.25. The molecule has 0 radical (unpaired) electrons. The third kappa shape index (κ3) is 1.66. The van der Waals surface area contributed by atoms with E-state index >= 15 is 0 Å². The summed E-state index contributed by atoms with van der Waals surface area (Å²) in [6, 6.07) is 4.09. The Morgan fingerprint density at radius 2 is 2.14 bits per heavy atom. The van der Waals surface area contributed by atoms with Gasteiger partial charge < -0.3 is 4.74 Å². The molecule has 72 valence electrons. The van der Waals surface area contributed by atoms with Gasteiger partial charge in [-0.25, -0.2) is 9.97 Å². The van der Waals surface area contributed by atoms with E-state index in [0.29, 0.717) is 5.88 Å². The van der Waals surface area contributed by atoms with Crippen LogP contribution in [-0.2, 0) is 0 Å². The summed E-state index contributed by atoms with van der Waals surface area (Å²) in [4.78, 5) is 8.62. The van der Waals surface area contributed by atoms with Gasteiger partial charge in [-0.3, -0.25) is 0 Å². The second-order valence-corrected chi connectivity index (χ2v) is 4.19. The predicted molar refractivity (Wildman–Crippen MR) is 63.5 cm³/mol. The molecule has 3 nitrogen and oxygen atoms in total. The number of ether oxygens (including phenoxy) is 1. The lowest BCUT2D eigenvalue weighted by atomic mass is 10.2. The molecule has 1 heterocycles. The first-order chi connectivity index (χ1) is 6.70. The molecule has 0 aliphatic rings. The zero-order chi connectivity index (χ0) is 10.1. The van der Waals surface area contributed by atoms with Crippen molar-refractivity contribution in [2.75, 3.05) is 7.11 Å². The molecule has 14 heavy (non-hydrogen) atoms. The van der Waals surface area contributed by atoms with Crippen molar-refractivity contribution in [1.29, 1.82) is 0 Å². The van der Waals surface area contributed by atoms with Gasteiger partial charge in [0.25, 0.3) is 0 Å². The molecule has 2 aromatic rings. The third-order valence-corrected chi connectivity index (χ3v) is 2.75. The Balaban J connectivity index is 2.75. The summed E-state index contributed by atoms with van der Waals surface area (Å²) in [6.45, 7) is 2.04. The van der Waals surface area contributed by atoms with Crippen LogP contribution < -0.4 is 4.74 Å². The summed E-state index contributed by atoms with van der Waals surface area (Å²) in [7, 11) is 1.59. The van der Waals surface area contributed by atoms with Gasteiger partial charge in [0.05, 0.1) is 18.8 Å². The Hall–Kier alpha value is -0.910. The van der Waals surface area contributed by atoms with Crippen LogP contribution in [0.3, 0.4) is 0 Å². The Kier molecular flexibility index (Phi) is 2.54. The maximum absolute atomic E-state index is 5.03. The largest absolute Gasteiger partial charge is 0.480 e. The average molecular weight is 300 g/mol. The minimum absolute atomic E-state index is 0.555. The van der Waals surface area contributed by atoms with E-state index in [1.807, 2.05) is 13.0 Å². The molecule has 1 aromatic carbocycles. The fraction of sp³-hybridized carbons (Fsp3) is 0.200. The quantitative estimate of drug-likeness (QED) is 0.759. The smallest absolute Gasteiger partial charge is 0.232 e. The Labute approximate surface area is 95.7 Å². The van der Waals surface area contributed by atoms with E-state index in [-0.39, 0.29) is 0 Å². The molecule has 0 bridgehead atoms. The maximum Gasteiger partial charge on any atom is 0.232 e. The van der Waals surface area contributed by atoms with Crippen molar-refractivity contribution in [3.05, 3.63) is 27.5 Å². The van der Waals surface area contributed by atoms with Crippen LogP contribution in [0.5, 0.6) is 5.88 Å². The molecule has 0 aliphatic carbocycles. The molecule has 0 fully saturated rings. The van der Waals surface area contributed by atoms with Crippen LogP contribution in [0.4, 0.5) is 0 Å². The molecule has 0 amide bonds. The van der Waals surface area contributed by atoms with Crippen molar-refractivity contribution in [2.24, 2.45) is 0 Å². The van der Waals surface area contributed by atoms with Crippen molar-refractivity contribution in [3.63, 3.8) is 0 Å². The van der Waals surface area contributed by atoms with Crippen molar-refractivity contribution in [3.8, 4) is 5.88 Å². The highest BCUT2D eigenvalue weighted by Crippen LogP contribution is 2.20. The van der Waals surface area contributed by atoms with Gasteiger partial charge in [-0.15, -0.1) is 0 Å². The number of hydrogen-bond acceptors (Lipinski definition) is 3. The lowest BCUT2D eigenvalue weighted by Crippen LogP contribution is -1.92. The monoisotopic (exact) mass is 300 g/mol. The van der Waals surface area contributed by atoms with E-state index in [1.165, 1.54) is 5.56 Å². The highest BCUT2D eigenvalue weighted by atomic mass is 127. The van der Waals surface area contributed by atoms with Crippen LogP contribution >= 0.6 is 22.6 Å². The summed E-state index contributed by atoms with van der Waals surface area (Å²) >= 11 is 2.26. The summed E-state index contributed by atoms with van der Waals surface area (Å²) < 4.78 is 6.14. The van der Waals surface area contributed by atoms with Crippen LogP contribution in [0.15, 0.2) is 18.3 Å². The number of halogens is 1. The zero-order valence-electron chi connectivity index (χ0n) is 7.91. The van der Waals surface area contributed by atoms with Crippen molar-refractivity contribution in [2.45, 2.75) is 6.92 Å². The Bertz CT molecular complexity index is 485. The fourth-order valence-corrected chi connectivity index (χ4v) is 2.20. The summed E-state index contributed by atoms with van der Waals surface area (Å²) in [6.07, 6.45) is 1.64. The van der Waals surface area contributed by atoms with E-state index in [2.05, 4.69) is 38.6 Å². The lowest BCUT2D eigenvalue weighted by molar-refractivity contribution is 0.397. The molecule has 0 aliphatic heterocycles. The van der Waals surface area contributed by atoms with Crippen molar-refractivity contribution >= 4 is 33.6 Å². The molecule has 2 rings (SSSR count). The van der Waals surface area contributed by atoms with Crippen LogP contribution in [-0.4, -0.2) is 17.1 Å². The Morgan fingerprint density at radius 3 is 2.86 bits per heavy atom. The number of methoxy groups -OCH3 is 1. The molecular weight excluding hydrogens is 291 g/mol. The normalized spacial score (nSPS) is 10.5. The molecule has 1 aromatic heterocycles. The standard InChI is InChI=1S/C10H9IN2O/c1-6-3-7(11)10-8(4-6)13-9(14-2)5-12-10/h3-5H,1-2H3. The molecule has 0 N–H and O–H groups in total. The van der Waals surface area contributed by atoms with E-state index in [4.69, 9.17) is 4.74 Å². The fourth-order valence-electron chi connectivity index (χ4n) is 1.30. The minimum Gasteiger partial charge on any atom is -0.480 e. The number of hydrogen-bond donors (Lipinski definition) is 0. The van der Waals surface area contributed by atoms with Gasteiger partial charge in [-0.2, -0.15) is 0 Å². The molecule has 4 heteroatoms. The Morgan fingerprint density at radius 1 is 1.36 bits per heavy atom. The second kappa shape index (κ2) is 3.68. The van der Waals surface area contributed by atoms with Crippen LogP contribution in [0.2, 0.25) is 0 Å². The van der Waals surface area contributed by atoms with E-state index in [0.717, 1.165) is 14.6 Å². The van der Waals surface area contributed by atoms with Gasteiger partial charge >= 0.3 is 0 Å². The highest BCUT2D eigenvalue weighted by Gasteiger charge is 2.03. The molecule has 0 saturated heterocycles. The highest BCUT2D eigenvalue weighted by molar-refractivity contribution is 14.1. The topological polar surface area (TPSA) is 35.0 Å². The molecule has 0 atom stereocenters. The van der Waals surface area contributed by atoms with E-state index < -0.39 is 0 Å². The number of nitrogens with zero attached hydrogens (tertiary/aromatic N) is 2. The van der Waals surface area contributed by atoms with Crippen LogP contribution in [0, 0.1) is 10.5 Å². The van der Waals surface area contributed by atoms with Crippen molar-refractivity contribution < 1.29 is 4.74 Å². The minimum atomic E-state index is 0.555. The molecule has 0 spiro atoms. The average Bonchev–Trinajstić information content (AvgIpc) is 2.16. The van der Waals surface area contributed by atoms with E-state index in [1.54, 1.807) is 13.3 Å². The van der Waals surface area contributed by atoms with Gasteiger partial charge in [0.2, 0.25) is 5.88 Å². The van der Waals surface area contributed by atoms with Crippen molar-refractivity contribution in [1.82, 2.24) is 9.97 Å². The maximum atomic E-state index is 5.03. The summed E-state index contributed by atoms with van der Waals surface area (Å²) in [5.74, 6) is 0.555. The molecule has 0 unspecified atom stereocenters. The number of aryl methyl sites for hydroxylation is 1. The molecule has 0 saturated carbocycles. The second-order valence-electron chi connectivity index (χ2n) is 3.03. The number of rotatable bonds is 1. The summed E-state index contributed by atoms with van der Waals surface area (Å²) in [5, 5.41) is 0. The first-order valence-electron chi connectivity index (χ1n) is 4.17. The molecular formula is C10H9IN2O. The van der Waals surface area contributed by atoms with Gasteiger partial charge in [0.15, 0.2) is 0 Å². The number of fused-ring (bicyclic) bond motifs is 1. The van der Waals surface area contributed by atoms with Gasteiger partial charge in [-0.1, -0.05) is 0 Å². The van der Waals surface area contributed by atoms with Gasteiger partial charge in [0.1, 0.15) is 5.52 Å². The summed E-state index contributed by atoms with van der Waals surface area (Å²) in [5.41, 5.74) is 3.00.